The summed E-state index contributed by atoms with van der Waals surface area (Å²) in [6.45, 7) is 4.25. The largest absolute Gasteiger partial charge is 0.387 e. The van der Waals surface area contributed by atoms with Gasteiger partial charge in [0, 0.05) is 17.2 Å². The normalized spacial score (nSPS) is 13.4. The molecule has 4 aromatic rings. The molecule has 0 radical (unpaired) electrons. The predicted molar refractivity (Wildman–Crippen MR) is 137 cm³/mol. The minimum absolute atomic E-state index is 0.395. The van der Waals surface area contributed by atoms with Crippen LogP contribution in [0.5, 0.6) is 0 Å². The van der Waals surface area contributed by atoms with Crippen LogP contribution in [0.25, 0.3) is 0 Å². The van der Waals surface area contributed by atoms with Gasteiger partial charge in [0.2, 0.25) is 7.29 Å². The zero-order valence-electron chi connectivity index (χ0n) is 18.4. The van der Waals surface area contributed by atoms with E-state index in [1.807, 2.05) is 126 Å². The molecule has 0 heterocycles. The highest BCUT2D eigenvalue weighted by Gasteiger charge is 2.41. The SMILES string of the molecule is C=CC(O)C(c1ccccc1)N(Cc1ccccc1)P(=O)(c1ccccc1)c1ccccc1. The van der Waals surface area contributed by atoms with Crippen LogP contribution in [0.3, 0.4) is 0 Å². The summed E-state index contributed by atoms with van der Waals surface area (Å²) in [6, 6.07) is 38.3. The maximum atomic E-state index is 15.3. The van der Waals surface area contributed by atoms with Gasteiger partial charge in [0.1, 0.15) is 0 Å². The lowest BCUT2D eigenvalue weighted by molar-refractivity contribution is 0.125. The summed E-state index contributed by atoms with van der Waals surface area (Å²) in [5, 5.41) is 12.6. The Kier molecular flexibility index (Phi) is 7.36. The topological polar surface area (TPSA) is 40.5 Å². The van der Waals surface area contributed by atoms with Gasteiger partial charge in [-0.2, -0.15) is 0 Å². The van der Waals surface area contributed by atoms with Crippen molar-refractivity contribution in [2.75, 3.05) is 0 Å². The Hall–Kier alpha value is -3.23. The van der Waals surface area contributed by atoms with Crippen LogP contribution in [0, 0.1) is 0 Å². The molecule has 0 aromatic heterocycles. The fraction of sp³-hybridized carbons (Fsp3) is 0.103. The van der Waals surface area contributed by atoms with Crippen LogP contribution in [-0.2, 0) is 11.1 Å². The lowest BCUT2D eigenvalue weighted by Crippen LogP contribution is -2.39. The maximum absolute atomic E-state index is 15.3. The Morgan fingerprint density at radius 2 is 1.15 bits per heavy atom. The maximum Gasteiger partial charge on any atom is 0.208 e. The Balaban J connectivity index is 1.98. The Bertz CT molecular complexity index is 1150. The third kappa shape index (κ3) is 4.91. The van der Waals surface area contributed by atoms with Crippen LogP contribution >= 0.6 is 7.29 Å². The van der Waals surface area contributed by atoms with E-state index < -0.39 is 19.4 Å². The lowest BCUT2D eigenvalue weighted by Gasteiger charge is -2.40. The van der Waals surface area contributed by atoms with Gasteiger partial charge in [-0.1, -0.05) is 103 Å². The van der Waals surface area contributed by atoms with Gasteiger partial charge in [-0.05, 0) is 35.4 Å². The average Bonchev–Trinajstić information content (AvgIpc) is 2.90. The van der Waals surface area contributed by atoms with Crippen molar-refractivity contribution in [1.82, 2.24) is 4.67 Å². The molecular weight excluding hydrogens is 425 g/mol. The summed E-state index contributed by atoms with van der Waals surface area (Å²) in [6.07, 6.45) is 0.604. The van der Waals surface area contributed by atoms with E-state index in [0.717, 1.165) is 21.7 Å². The van der Waals surface area contributed by atoms with Crippen LogP contribution < -0.4 is 10.6 Å². The zero-order chi connectivity index (χ0) is 23.1. The van der Waals surface area contributed by atoms with Crippen molar-refractivity contribution in [3.8, 4) is 0 Å². The Morgan fingerprint density at radius 3 is 1.61 bits per heavy atom. The molecule has 0 saturated carbocycles. The predicted octanol–water partition coefficient (Wildman–Crippen LogP) is 5.71. The molecule has 166 valence electrons. The molecule has 0 aliphatic heterocycles. The molecule has 0 aliphatic carbocycles. The van der Waals surface area contributed by atoms with E-state index in [2.05, 4.69) is 6.58 Å². The van der Waals surface area contributed by atoms with Crippen LogP contribution in [0.1, 0.15) is 17.2 Å². The standard InChI is InChI=1S/C29H28NO2P/c1-2-28(31)29(25-17-9-4-10-18-25)30(23-24-15-7-3-8-16-24)33(32,26-19-11-5-12-20-26)27-21-13-6-14-22-27/h2-22,28-29,31H,1,23H2. The van der Waals surface area contributed by atoms with Gasteiger partial charge >= 0.3 is 0 Å². The number of nitrogens with zero attached hydrogens (tertiary/aromatic N) is 1. The summed E-state index contributed by atoms with van der Waals surface area (Å²) in [7, 11) is -3.36. The van der Waals surface area contributed by atoms with Crippen LogP contribution in [0.15, 0.2) is 134 Å². The van der Waals surface area contributed by atoms with Crippen LogP contribution in [0.4, 0.5) is 0 Å². The summed E-state index contributed by atoms with van der Waals surface area (Å²) >= 11 is 0. The number of hydrogen-bond acceptors (Lipinski definition) is 2. The fourth-order valence-electron chi connectivity index (χ4n) is 4.17. The first-order chi connectivity index (χ1) is 16.1. The number of rotatable bonds is 9. The smallest absolute Gasteiger partial charge is 0.208 e. The van der Waals surface area contributed by atoms with Gasteiger partial charge < -0.3 is 5.11 Å². The van der Waals surface area contributed by atoms with Crippen molar-refractivity contribution >= 4 is 17.9 Å². The minimum Gasteiger partial charge on any atom is -0.387 e. The molecule has 0 amide bonds. The molecule has 1 N–H and O–H groups in total. The van der Waals surface area contributed by atoms with Gasteiger partial charge in [0.25, 0.3) is 0 Å². The first-order valence-corrected chi connectivity index (χ1v) is 12.7. The molecule has 4 rings (SSSR count). The first kappa shape index (κ1) is 22.9. The second kappa shape index (κ2) is 10.6. The number of aliphatic hydroxyl groups is 1. The van der Waals surface area contributed by atoms with Crippen molar-refractivity contribution < 1.29 is 9.67 Å². The van der Waals surface area contributed by atoms with E-state index in [-0.39, 0.29) is 0 Å². The third-order valence-corrected chi connectivity index (χ3v) is 8.90. The van der Waals surface area contributed by atoms with E-state index in [4.69, 9.17) is 0 Å². The van der Waals surface area contributed by atoms with Crippen molar-refractivity contribution in [3.05, 3.63) is 145 Å². The van der Waals surface area contributed by atoms with Gasteiger partial charge in [0.15, 0.2) is 0 Å². The molecule has 0 spiro atoms. The summed E-state index contributed by atoms with van der Waals surface area (Å²) in [5.41, 5.74) is 1.90. The Morgan fingerprint density at radius 1 is 0.727 bits per heavy atom. The van der Waals surface area contributed by atoms with E-state index in [1.165, 1.54) is 6.08 Å². The molecule has 2 unspecified atom stereocenters. The second-order valence-electron chi connectivity index (χ2n) is 7.91. The highest BCUT2D eigenvalue weighted by atomic mass is 31.2. The quantitative estimate of drug-likeness (QED) is 0.261. The number of hydrogen-bond donors (Lipinski definition) is 1. The average molecular weight is 454 g/mol. The number of aliphatic hydroxyl groups excluding tert-OH is 1. The molecule has 0 fully saturated rings. The van der Waals surface area contributed by atoms with Gasteiger partial charge in [-0.15, -0.1) is 6.58 Å². The molecule has 33 heavy (non-hydrogen) atoms. The van der Waals surface area contributed by atoms with Crippen molar-refractivity contribution in [1.29, 1.82) is 0 Å². The zero-order valence-corrected chi connectivity index (χ0v) is 19.3. The van der Waals surface area contributed by atoms with Crippen LogP contribution in [-0.4, -0.2) is 15.9 Å². The lowest BCUT2D eigenvalue weighted by atomic mass is 10.0. The van der Waals surface area contributed by atoms with Gasteiger partial charge in [-0.25, -0.2) is 4.67 Å². The fourth-order valence-corrected chi connectivity index (χ4v) is 7.20. The highest BCUT2D eigenvalue weighted by molar-refractivity contribution is 7.76. The molecule has 4 aromatic carbocycles. The first-order valence-electron chi connectivity index (χ1n) is 11.0. The summed E-state index contributed by atoms with van der Waals surface area (Å²) in [4.78, 5) is 0. The number of benzene rings is 4. The minimum atomic E-state index is -3.36. The molecule has 4 heteroatoms. The van der Waals surface area contributed by atoms with Crippen molar-refractivity contribution in [2.45, 2.75) is 18.7 Å². The molecule has 0 bridgehead atoms. The highest BCUT2D eigenvalue weighted by Crippen LogP contribution is 2.53. The van der Waals surface area contributed by atoms with E-state index in [1.54, 1.807) is 0 Å². The van der Waals surface area contributed by atoms with Gasteiger partial charge in [0.05, 0.1) is 12.1 Å². The monoisotopic (exact) mass is 453 g/mol. The summed E-state index contributed by atoms with van der Waals surface area (Å²) < 4.78 is 17.3. The van der Waals surface area contributed by atoms with E-state index >= 15 is 4.57 Å². The van der Waals surface area contributed by atoms with E-state index in [9.17, 15) is 5.11 Å². The third-order valence-electron chi connectivity index (χ3n) is 5.79. The van der Waals surface area contributed by atoms with E-state index in [0.29, 0.717) is 6.54 Å². The second-order valence-corrected chi connectivity index (χ2v) is 10.6. The van der Waals surface area contributed by atoms with Crippen molar-refractivity contribution in [2.24, 2.45) is 0 Å². The Labute approximate surface area is 196 Å². The van der Waals surface area contributed by atoms with Crippen molar-refractivity contribution in [3.63, 3.8) is 0 Å². The van der Waals surface area contributed by atoms with Gasteiger partial charge in [-0.3, -0.25) is 4.57 Å². The van der Waals surface area contributed by atoms with Crippen LogP contribution in [0.2, 0.25) is 0 Å². The molecular formula is C29H28NO2P. The summed E-state index contributed by atoms with van der Waals surface area (Å²) in [5.74, 6) is 0. The molecule has 2 atom stereocenters. The molecule has 0 saturated heterocycles. The molecule has 3 nitrogen and oxygen atoms in total. The molecule has 0 aliphatic rings.